The summed E-state index contributed by atoms with van der Waals surface area (Å²) in [7, 11) is 0.193. The van der Waals surface area contributed by atoms with Crippen molar-refractivity contribution in [1.29, 1.82) is 0 Å². The lowest BCUT2D eigenvalue weighted by atomic mass is 9.99. The van der Waals surface area contributed by atoms with Gasteiger partial charge in [-0.1, -0.05) is 36.4 Å². The highest BCUT2D eigenvalue weighted by Crippen LogP contribution is 2.41. The van der Waals surface area contributed by atoms with E-state index in [1.165, 1.54) is 10.4 Å². The predicted molar refractivity (Wildman–Crippen MR) is 144 cm³/mol. The number of rotatable bonds is 8. The molecule has 200 valence electrons. The molecule has 1 heterocycles. The van der Waals surface area contributed by atoms with Crippen LogP contribution in [0.25, 0.3) is 11.3 Å². The van der Waals surface area contributed by atoms with Gasteiger partial charge in [-0.2, -0.15) is 13.2 Å². The van der Waals surface area contributed by atoms with Gasteiger partial charge in [0, 0.05) is 30.0 Å². The molecule has 0 saturated carbocycles. The van der Waals surface area contributed by atoms with Crippen LogP contribution < -0.4 is 14.9 Å². The molecule has 0 saturated heterocycles. The first kappa shape index (κ1) is 27.2. The largest absolute Gasteiger partial charge is 0.416 e. The second-order valence-electron chi connectivity index (χ2n) is 9.14. The number of halogens is 3. The van der Waals surface area contributed by atoms with Gasteiger partial charge >= 0.3 is 6.18 Å². The van der Waals surface area contributed by atoms with Crippen molar-refractivity contribution in [2.75, 3.05) is 48.4 Å². The monoisotopic (exact) mass is 544 g/mol. The number of fused-ring (bicyclic) bond motifs is 1. The summed E-state index contributed by atoms with van der Waals surface area (Å²) in [6, 6.07) is 18.8. The number of carbonyl (C=O) groups excluding carboxylic acids is 1. The highest BCUT2D eigenvalue weighted by molar-refractivity contribution is 7.92. The van der Waals surface area contributed by atoms with Crippen LogP contribution in [-0.4, -0.2) is 52.7 Å². The van der Waals surface area contributed by atoms with Crippen LogP contribution in [0.5, 0.6) is 0 Å². The van der Waals surface area contributed by atoms with Crippen LogP contribution >= 0.6 is 0 Å². The first-order chi connectivity index (χ1) is 17.8. The van der Waals surface area contributed by atoms with E-state index in [1.807, 2.05) is 25.1 Å². The molecular weight excluding hydrogens is 517 g/mol. The van der Waals surface area contributed by atoms with E-state index >= 15 is 0 Å². The van der Waals surface area contributed by atoms with Crippen LogP contribution in [0.2, 0.25) is 0 Å². The van der Waals surface area contributed by atoms with Crippen molar-refractivity contribution in [3.63, 3.8) is 0 Å². The highest BCUT2D eigenvalue weighted by Gasteiger charge is 2.35. The van der Waals surface area contributed by atoms with Crippen LogP contribution in [0.3, 0.4) is 0 Å². The number of sulfonamides is 1. The number of hydrogen-bond acceptors (Lipinski definition) is 5. The molecule has 0 spiro atoms. The van der Waals surface area contributed by atoms with Gasteiger partial charge in [0.1, 0.15) is 0 Å². The highest BCUT2D eigenvalue weighted by atomic mass is 32.2. The average molecular weight is 545 g/mol. The van der Waals surface area contributed by atoms with Gasteiger partial charge in [-0.15, -0.1) is 0 Å². The summed E-state index contributed by atoms with van der Waals surface area (Å²) in [4.78, 5) is 14.9. The fourth-order valence-electron chi connectivity index (χ4n) is 4.11. The summed E-state index contributed by atoms with van der Waals surface area (Å²) in [5, 5.41) is 5.77. The first-order valence-corrected chi connectivity index (χ1v) is 13.5. The Balaban J connectivity index is 1.74. The molecule has 0 atom stereocenters. The fourth-order valence-corrected chi connectivity index (χ4v) is 5.03. The summed E-state index contributed by atoms with van der Waals surface area (Å²) in [5.41, 5.74) is 1.87. The molecule has 3 aromatic rings. The zero-order chi connectivity index (χ0) is 27.7. The molecule has 38 heavy (non-hydrogen) atoms. The standard InChI is InChI=1S/C27H27F3N4O3S/c1-33(2)15-16-34(38(3,36)37)21-12-10-20(11-13-21)31-25(18-7-5-4-6-8-18)24-22-14-9-19(27(28,29)30)17-23(22)32-26(24)35/h4-14,17,31H,15-16H2,1-3H3,(H,32,35). The van der Waals surface area contributed by atoms with E-state index in [-0.39, 0.29) is 17.8 Å². The van der Waals surface area contributed by atoms with Crippen LogP contribution in [0, 0.1) is 0 Å². The zero-order valence-corrected chi connectivity index (χ0v) is 21.8. The van der Waals surface area contributed by atoms with Gasteiger partial charge in [-0.3, -0.25) is 9.10 Å². The van der Waals surface area contributed by atoms with E-state index in [0.717, 1.165) is 18.4 Å². The molecule has 0 bridgehead atoms. The minimum Gasteiger partial charge on any atom is -0.354 e. The molecule has 1 aliphatic heterocycles. The lowest BCUT2D eigenvalue weighted by molar-refractivity contribution is -0.137. The van der Waals surface area contributed by atoms with Gasteiger partial charge in [-0.25, -0.2) is 8.42 Å². The predicted octanol–water partition coefficient (Wildman–Crippen LogP) is 4.97. The molecule has 1 amide bonds. The maximum absolute atomic E-state index is 13.2. The summed E-state index contributed by atoms with van der Waals surface area (Å²) >= 11 is 0. The second kappa shape index (κ2) is 10.5. The summed E-state index contributed by atoms with van der Waals surface area (Å²) in [6.07, 6.45) is -3.39. The molecule has 0 radical (unpaired) electrons. The van der Waals surface area contributed by atoms with E-state index in [2.05, 4.69) is 10.6 Å². The van der Waals surface area contributed by atoms with Crippen LogP contribution in [-0.2, 0) is 21.0 Å². The second-order valence-corrected chi connectivity index (χ2v) is 11.0. The van der Waals surface area contributed by atoms with Crippen molar-refractivity contribution in [1.82, 2.24) is 4.90 Å². The SMILES string of the molecule is CN(C)CCN(c1ccc(NC(=C2C(=O)Nc3cc(C(F)(F)F)ccc32)c2ccccc2)cc1)S(C)(=O)=O. The summed E-state index contributed by atoms with van der Waals surface area (Å²) in [6.45, 7) is 0.802. The molecule has 0 fully saturated rings. The Morgan fingerprint density at radius 2 is 1.61 bits per heavy atom. The maximum Gasteiger partial charge on any atom is 0.416 e. The van der Waals surface area contributed by atoms with Crippen molar-refractivity contribution >= 4 is 44.3 Å². The number of alkyl halides is 3. The Bertz CT molecular complexity index is 1470. The van der Waals surface area contributed by atoms with Gasteiger partial charge in [0.2, 0.25) is 10.0 Å². The Morgan fingerprint density at radius 3 is 2.18 bits per heavy atom. The number of nitrogens with zero attached hydrogens (tertiary/aromatic N) is 2. The third kappa shape index (κ3) is 6.00. The minimum atomic E-state index is -4.54. The van der Waals surface area contributed by atoms with E-state index in [1.54, 1.807) is 48.5 Å². The van der Waals surface area contributed by atoms with Gasteiger partial charge in [0.05, 0.1) is 28.8 Å². The van der Waals surface area contributed by atoms with Gasteiger partial charge in [0.15, 0.2) is 0 Å². The molecule has 1 aliphatic rings. The molecule has 0 unspecified atom stereocenters. The van der Waals surface area contributed by atoms with E-state index in [0.29, 0.717) is 34.7 Å². The van der Waals surface area contributed by atoms with Gasteiger partial charge < -0.3 is 15.5 Å². The molecule has 4 rings (SSSR count). The summed E-state index contributed by atoms with van der Waals surface area (Å²) < 4.78 is 65.8. The smallest absolute Gasteiger partial charge is 0.354 e. The number of carbonyl (C=O) groups is 1. The lowest BCUT2D eigenvalue weighted by Gasteiger charge is -2.24. The number of hydrogen-bond donors (Lipinski definition) is 2. The number of nitrogens with one attached hydrogen (secondary N) is 2. The van der Waals surface area contributed by atoms with Crippen LogP contribution in [0.4, 0.5) is 30.2 Å². The van der Waals surface area contributed by atoms with Crippen molar-refractivity contribution in [2.45, 2.75) is 6.18 Å². The topological polar surface area (TPSA) is 81.8 Å². The molecule has 0 aromatic heterocycles. The van der Waals surface area contributed by atoms with Gasteiger partial charge in [-0.05, 0) is 56.1 Å². The zero-order valence-electron chi connectivity index (χ0n) is 21.0. The number of benzene rings is 3. The van der Waals surface area contributed by atoms with Crippen molar-refractivity contribution < 1.29 is 26.4 Å². The van der Waals surface area contributed by atoms with Crippen LogP contribution in [0.15, 0.2) is 72.8 Å². The van der Waals surface area contributed by atoms with E-state index in [4.69, 9.17) is 0 Å². The molecule has 2 N–H and O–H groups in total. The number of anilines is 3. The molecule has 11 heteroatoms. The van der Waals surface area contributed by atoms with Crippen molar-refractivity contribution in [3.05, 3.63) is 89.5 Å². The van der Waals surface area contributed by atoms with Crippen LogP contribution in [0.1, 0.15) is 16.7 Å². The molecule has 3 aromatic carbocycles. The lowest BCUT2D eigenvalue weighted by Crippen LogP contribution is -2.35. The minimum absolute atomic E-state index is 0.0788. The first-order valence-electron chi connectivity index (χ1n) is 11.7. The Morgan fingerprint density at radius 1 is 0.947 bits per heavy atom. The summed E-state index contributed by atoms with van der Waals surface area (Å²) in [5.74, 6) is -0.533. The number of amides is 1. The maximum atomic E-state index is 13.2. The van der Waals surface area contributed by atoms with Crippen molar-refractivity contribution in [3.8, 4) is 0 Å². The Labute approximate surface area is 219 Å². The molecule has 0 aliphatic carbocycles. The quantitative estimate of drug-likeness (QED) is 0.392. The Kier molecular flexibility index (Phi) is 7.52. The normalized spacial score (nSPS) is 14.8. The average Bonchev–Trinajstić information content (AvgIpc) is 3.17. The third-order valence-corrected chi connectivity index (χ3v) is 7.17. The fraction of sp³-hybridized carbons (Fsp3) is 0.222. The van der Waals surface area contributed by atoms with Crippen molar-refractivity contribution in [2.24, 2.45) is 0 Å². The number of likely N-dealkylation sites (N-methyl/N-ethyl adjacent to an activating group) is 1. The van der Waals surface area contributed by atoms with E-state index in [9.17, 15) is 26.4 Å². The molecule has 7 nitrogen and oxygen atoms in total. The Hall–Kier alpha value is -3.83. The van der Waals surface area contributed by atoms with Gasteiger partial charge in [0.25, 0.3) is 5.91 Å². The molecular formula is C27H27F3N4O3S. The van der Waals surface area contributed by atoms with E-state index < -0.39 is 27.7 Å². The third-order valence-electron chi connectivity index (χ3n) is 5.98.